The number of halogens is 3. The topological polar surface area (TPSA) is 63.9 Å². The van der Waals surface area contributed by atoms with E-state index < -0.39 is 18.3 Å². The van der Waals surface area contributed by atoms with Crippen LogP contribution in [-0.4, -0.2) is 26.4 Å². The molecular weight excluding hydrogens is 419 g/mol. The lowest BCUT2D eigenvalue weighted by Gasteiger charge is -2.34. The van der Waals surface area contributed by atoms with Crippen molar-refractivity contribution < 1.29 is 18.0 Å². The SMILES string of the molecule is CCc1ccc([C@H]2C[C@@H](C(F)(F)F)n3ncc(CC(=O)NCc4cccn4C)c3N2)cc1. The Morgan fingerprint density at radius 3 is 2.62 bits per heavy atom. The van der Waals surface area contributed by atoms with E-state index in [1.807, 2.05) is 61.1 Å². The Kier molecular flexibility index (Phi) is 5.99. The Morgan fingerprint density at radius 1 is 1.25 bits per heavy atom. The fourth-order valence-corrected chi connectivity index (χ4v) is 4.05. The molecule has 2 atom stereocenters. The molecule has 0 bridgehead atoms. The van der Waals surface area contributed by atoms with Gasteiger partial charge in [0, 0.05) is 30.9 Å². The van der Waals surface area contributed by atoms with Gasteiger partial charge in [-0.15, -0.1) is 0 Å². The minimum Gasteiger partial charge on any atom is -0.363 e. The zero-order valence-corrected chi connectivity index (χ0v) is 18.0. The zero-order valence-electron chi connectivity index (χ0n) is 18.0. The van der Waals surface area contributed by atoms with Gasteiger partial charge in [-0.1, -0.05) is 31.2 Å². The van der Waals surface area contributed by atoms with E-state index in [1.165, 1.54) is 6.20 Å². The van der Waals surface area contributed by atoms with E-state index >= 15 is 0 Å². The van der Waals surface area contributed by atoms with E-state index in [1.54, 1.807) is 0 Å². The fourth-order valence-electron chi connectivity index (χ4n) is 4.05. The first kappa shape index (κ1) is 22.0. The lowest BCUT2D eigenvalue weighted by Crippen LogP contribution is -2.36. The van der Waals surface area contributed by atoms with Gasteiger partial charge in [-0.05, 0) is 29.7 Å². The second-order valence-electron chi connectivity index (χ2n) is 8.11. The van der Waals surface area contributed by atoms with Gasteiger partial charge in [0.25, 0.3) is 0 Å². The van der Waals surface area contributed by atoms with Crippen LogP contribution >= 0.6 is 0 Å². The minimum atomic E-state index is -4.45. The third-order valence-electron chi connectivity index (χ3n) is 5.97. The standard InChI is InChI=1S/C23H26F3N5O/c1-3-15-6-8-16(9-7-15)19-12-20(23(24,25)26)31-22(29-19)17(13-28-31)11-21(32)27-14-18-5-4-10-30(18)2/h4-10,13,19-20,29H,3,11-12,14H2,1-2H3,(H,27,32)/t19-,20+/m1/s1. The summed E-state index contributed by atoms with van der Waals surface area (Å²) < 4.78 is 44.4. The molecule has 2 aromatic heterocycles. The molecular formula is C23H26F3N5O. The number of amides is 1. The number of rotatable bonds is 6. The Morgan fingerprint density at radius 2 is 2.00 bits per heavy atom. The maximum atomic E-state index is 13.8. The average molecular weight is 445 g/mol. The number of benzene rings is 1. The van der Waals surface area contributed by atoms with Crippen molar-refractivity contribution in [3.05, 3.63) is 71.2 Å². The van der Waals surface area contributed by atoms with Gasteiger partial charge in [-0.2, -0.15) is 18.3 Å². The number of nitrogens with zero attached hydrogens (tertiary/aromatic N) is 3. The van der Waals surface area contributed by atoms with E-state index in [-0.39, 0.29) is 24.6 Å². The summed E-state index contributed by atoms with van der Waals surface area (Å²) in [5.41, 5.74) is 3.28. The number of carbonyl (C=O) groups excluding carboxylic acids is 1. The minimum absolute atomic E-state index is 0.0567. The number of carbonyl (C=O) groups is 1. The highest BCUT2D eigenvalue weighted by Gasteiger charge is 2.46. The summed E-state index contributed by atoms with van der Waals surface area (Å²) in [4.78, 5) is 12.5. The molecule has 6 nitrogen and oxygen atoms in total. The number of hydrogen-bond acceptors (Lipinski definition) is 3. The van der Waals surface area contributed by atoms with E-state index in [4.69, 9.17) is 0 Å². The van der Waals surface area contributed by atoms with Gasteiger partial charge in [0.2, 0.25) is 5.91 Å². The van der Waals surface area contributed by atoms with E-state index in [9.17, 15) is 18.0 Å². The summed E-state index contributed by atoms with van der Waals surface area (Å²) in [5, 5.41) is 10.0. The van der Waals surface area contributed by atoms with Crippen molar-refractivity contribution in [2.75, 3.05) is 5.32 Å². The van der Waals surface area contributed by atoms with Crippen LogP contribution in [0.3, 0.4) is 0 Å². The average Bonchev–Trinajstić information content (AvgIpc) is 3.36. The Balaban J connectivity index is 1.55. The summed E-state index contributed by atoms with van der Waals surface area (Å²) in [5.74, 6) is -0.0288. The Hall–Kier alpha value is -3.23. The first-order valence-corrected chi connectivity index (χ1v) is 10.6. The summed E-state index contributed by atoms with van der Waals surface area (Å²) in [6.45, 7) is 2.37. The predicted octanol–water partition coefficient (Wildman–Crippen LogP) is 4.30. The molecule has 2 N–H and O–H groups in total. The second kappa shape index (κ2) is 8.72. The van der Waals surface area contributed by atoms with Crippen molar-refractivity contribution in [1.29, 1.82) is 0 Å². The quantitative estimate of drug-likeness (QED) is 0.595. The van der Waals surface area contributed by atoms with Crippen LogP contribution in [0.1, 0.15) is 47.8 Å². The maximum Gasteiger partial charge on any atom is 0.410 e. The van der Waals surface area contributed by atoms with Crippen LogP contribution in [0.25, 0.3) is 0 Å². The van der Waals surface area contributed by atoms with Crippen LogP contribution < -0.4 is 10.6 Å². The summed E-state index contributed by atoms with van der Waals surface area (Å²) >= 11 is 0. The van der Waals surface area contributed by atoms with Gasteiger partial charge in [0.1, 0.15) is 5.82 Å². The zero-order chi connectivity index (χ0) is 22.9. The third-order valence-corrected chi connectivity index (χ3v) is 5.97. The van der Waals surface area contributed by atoms with Crippen molar-refractivity contribution in [2.24, 2.45) is 7.05 Å². The number of aryl methyl sites for hydroxylation is 2. The molecule has 4 rings (SSSR count). The van der Waals surface area contributed by atoms with Crippen LogP contribution in [0.2, 0.25) is 0 Å². The van der Waals surface area contributed by atoms with Gasteiger partial charge in [-0.3, -0.25) is 4.79 Å². The number of fused-ring (bicyclic) bond motifs is 1. The molecule has 0 radical (unpaired) electrons. The monoisotopic (exact) mass is 445 g/mol. The molecule has 0 spiro atoms. The molecule has 3 heterocycles. The third kappa shape index (κ3) is 4.51. The second-order valence-corrected chi connectivity index (χ2v) is 8.11. The van der Waals surface area contributed by atoms with Gasteiger partial charge >= 0.3 is 6.18 Å². The highest BCUT2D eigenvalue weighted by atomic mass is 19.4. The van der Waals surface area contributed by atoms with Crippen LogP contribution in [0, 0.1) is 0 Å². The summed E-state index contributed by atoms with van der Waals surface area (Å²) in [7, 11) is 1.88. The smallest absolute Gasteiger partial charge is 0.363 e. The van der Waals surface area contributed by atoms with Gasteiger partial charge in [0.15, 0.2) is 6.04 Å². The number of alkyl halides is 3. The number of nitrogens with one attached hydrogen (secondary N) is 2. The molecule has 3 aromatic rings. The predicted molar refractivity (Wildman–Crippen MR) is 115 cm³/mol. The summed E-state index contributed by atoms with van der Waals surface area (Å²) in [6, 6.07) is 9.09. The van der Waals surface area contributed by atoms with Crippen molar-refractivity contribution >= 4 is 11.7 Å². The normalized spacial score (nSPS) is 18.2. The molecule has 0 fully saturated rings. The number of anilines is 1. The first-order chi connectivity index (χ1) is 15.3. The van der Waals surface area contributed by atoms with Crippen molar-refractivity contribution in [1.82, 2.24) is 19.7 Å². The highest BCUT2D eigenvalue weighted by molar-refractivity contribution is 5.80. The van der Waals surface area contributed by atoms with E-state index in [0.29, 0.717) is 12.1 Å². The molecule has 1 aliphatic rings. The van der Waals surface area contributed by atoms with Crippen molar-refractivity contribution in [3.8, 4) is 0 Å². The van der Waals surface area contributed by atoms with Gasteiger partial charge in [0.05, 0.1) is 25.2 Å². The van der Waals surface area contributed by atoms with E-state index in [2.05, 4.69) is 15.7 Å². The van der Waals surface area contributed by atoms with Crippen LogP contribution in [0.5, 0.6) is 0 Å². The molecule has 170 valence electrons. The molecule has 0 saturated heterocycles. The van der Waals surface area contributed by atoms with Crippen molar-refractivity contribution in [3.63, 3.8) is 0 Å². The van der Waals surface area contributed by atoms with Gasteiger partial charge in [-0.25, -0.2) is 4.68 Å². The molecule has 0 saturated carbocycles. The number of aromatic nitrogens is 3. The van der Waals surface area contributed by atoms with Crippen LogP contribution in [-0.2, 0) is 31.2 Å². The highest BCUT2D eigenvalue weighted by Crippen LogP contribution is 2.44. The molecule has 0 aliphatic carbocycles. The molecule has 1 amide bonds. The Labute approximate surface area is 184 Å². The Bertz CT molecular complexity index is 1080. The molecule has 1 aliphatic heterocycles. The molecule has 9 heteroatoms. The van der Waals surface area contributed by atoms with Crippen molar-refractivity contribution in [2.45, 2.75) is 51.0 Å². The van der Waals surface area contributed by atoms with Gasteiger partial charge < -0.3 is 15.2 Å². The maximum absolute atomic E-state index is 13.8. The first-order valence-electron chi connectivity index (χ1n) is 10.6. The molecule has 32 heavy (non-hydrogen) atoms. The lowest BCUT2D eigenvalue weighted by atomic mass is 9.95. The summed E-state index contributed by atoms with van der Waals surface area (Å²) in [6.07, 6.45) is -0.577. The number of hydrogen-bond donors (Lipinski definition) is 2. The molecule has 0 unspecified atom stereocenters. The fraction of sp³-hybridized carbons (Fsp3) is 0.391. The van der Waals surface area contributed by atoms with E-state index in [0.717, 1.165) is 27.9 Å². The van der Waals surface area contributed by atoms with Crippen LogP contribution in [0.15, 0.2) is 48.8 Å². The molecule has 1 aromatic carbocycles. The lowest BCUT2D eigenvalue weighted by molar-refractivity contribution is -0.173. The van der Waals surface area contributed by atoms with Crippen LogP contribution in [0.4, 0.5) is 19.0 Å². The largest absolute Gasteiger partial charge is 0.410 e.